The van der Waals surface area contributed by atoms with Crippen LogP contribution in [0.5, 0.6) is 0 Å². The van der Waals surface area contributed by atoms with Crippen molar-refractivity contribution in [2.75, 3.05) is 0 Å². The van der Waals surface area contributed by atoms with Gasteiger partial charge in [-0.2, -0.15) is 0 Å². The van der Waals surface area contributed by atoms with Gasteiger partial charge < -0.3 is 0 Å². The molecule has 4 rings (SSSR count). The predicted molar refractivity (Wildman–Crippen MR) is 102 cm³/mol. The van der Waals surface area contributed by atoms with Gasteiger partial charge in [0, 0.05) is 0 Å². The first-order valence-electron chi connectivity index (χ1n) is 10.7. The van der Waals surface area contributed by atoms with Gasteiger partial charge in [0.15, 0.2) is 0 Å². The minimum atomic E-state index is 0.593. The molecule has 4 aliphatic rings. The summed E-state index contributed by atoms with van der Waals surface area (Å²) in [6, 6.07) is 0. The monoisotopic (exact) mass is 316 g/mol. The molecule has 1 spiro atoms. The summed E-state index contributed by atoms with van der Waals surface area (Å²) in [5.74, 6) is 1.02. The van der Waals surface area contributed by atoms with E-state index in [0.717, 1.165) is 5.92 Å². The van der Waals surface area contributed by atoms with Crippen LogP contribution in [0.1, 0.15) is 111 Å². The molecule has 0 aliphatic heterocycles. The summed E-state index contributed by atoms with van der Waals surface area (Å²) in [5, 5.41) is 0. The Morgan fingerprint density at radius 3 is 2.09 bits per heavy atom. The van der Waals surface area contributed by atoms with Crippen LogP contribution in [0.25, 0.3) is 0 Å². The minimum Gasteiger partial charge on any atom is -0.0885 e. The molecule has 132 valence electrons. The highest BCUT2D eigenvalue weighted by Gasteiger charge is 2.68. The van der Waals surface area contributed by atoms with Crippen molar-refractivity contribution >= 4 is 0 Å². The summed E-state index contributed by atoms with van der Waals surface area (Å²) in [4.78, 5) is 0. The molecule has 0 amide bonds. The molecule has 0 saturated heterocycles. The normalized spacial score (nSPS) is 42.0. The lowest BCUT2D eigenvalue weighted by molar-refractivity contribution is -0.247. The molecule has 23 heavy (non-hydrogen) atoms. The van der Waals surface area contributed by atoms with Crippen LogP contribution in [0, 0.1) is 22.2 Å². The zero-order valence-corrected chi connectivity index (χ0v) is 16.1. The maximum absolute atomic E-state index is 2.66. The number of rotatable bonds is 0. The van der Waals surface area contributed by atoms with Crippen molar-refractivity contribution in [2.24, 2.45) is 22.2 Å². The van der Waals surface area contributed by atoms with Crippen LogP contribution in [0.2, 0.25) is 0 Å². The fourth-order valence-corrected chi connectivity index (χ4v) is 6.72. The topological polar surface area (TPSA) is 0 Å². The van der Waals surface area contributed by atoms with Gasteiger partial charge in [-0.1, -0.05) is 71.4 Å². The van der Waals surface area contributed by atoms with Crippen molar-refractivity contribution in [3.05, 3.63) is 12.2 Å². The molecule has 0 heteroatoms. The maximum Gasteiger partial charge on any atom is -0.0187 e. The molecule has 2 bridgehead atoms. The number of fused-ring (bicyclic) bond motifs is 1. The van der Waals surface area contributed by atoms with Crippen LogP contribution < -0.4 is 0 Å². The van der Waals surface area contributed by atoms with Gasteiger partial charge >= 0.3 is 0 Å². The van der Waals surface area contributed by atoms with E-state index < -0.39 is 0 Å². The zero-order chi connectivity index (χ0) is 16.4. The third-order valence-corrected chi connectivity index (χ3v) is 8.55. The molecule has 0 heterocycles. The van der Waals surface area contributed by atoms with Gasteiger partial charge in [0.2, 0.25) is 0 Å². The Hall–Kier alpha value is -0.260. The Morgan fingerprint density at radius 2 is 1.35 bits per heavy atom. The van der Waals surface area contributed by atoms with Crippen molar-refractivity contribution in [3.8, 4) is 0 Å². The molecule has 0 radical (unpaired) electrons. The van der Waals surface area contributed by atoms with Crippen LogP contribution in [-0.4, -0.2) is 0 Å². The van der Waals surface area contributed by atoms with Crippen LogP contribution in [0.15, 0.2) is 12.2 Å². The Kier molecular flexibility index (Phi) is 5.29. The molecule has 3 fully saturated rings. The van der Waals surface area contributed by atoms with Gasteiger partial charge in [-0.25, -0.2) is 0 Å². The van der Waals surface area contributed by atoms with Crippen molar-refractivity contribution in [3.63, 3.8) is 0 Å². The lowest BCUT2D eigenvalue weighted by Gasteiger charge is -2.74. The second-order valence-corrected chi connectivity index (χ2v) is 9.83. The van der Waals surface area contributed by atoms with E-state index in [4.69, 9.17) is 0 Å². The van der Waals surface area contributed by atoms with E-state index in [1.165, 1.54) is 83.5 Å². The van der Waals surface area contributed by atoms with Gasteiger partial charge in [-0.3, -0.25) is 0 Å². The molecule has 0 aromatic carbocycles. The minimum absolute atomic E-state index is 0.593. The lowest BCUT2D eigenvalue weighted by Crippen LogP contribution is -2.66. The van der Waals surface area contributed by atoms with Gasteiger partial charge in [0.25, 0.3) is 0 Å². The van der Waals surface area contributed by atoms with Crippen molar-refractivity contribution in [1.82, 2.24) is 0 Å². The molecule has 0 aromatic heterocycles. The first-order chi connectivity index (χ1) is 11.0. The third kappa shape index (κ3) is 3.05. The predicted octanol–water partition coefficient (Wildman–Crippen LogP) is 7.68. The molecule has 3 atom stereocenters. The summed E-state index contributed by atoms with van der Waals surface area (Å²) in [5.41, 5.74) is 1.84. The molecule has 0 aromatic rings. The fourth-order valence-electron chi connectivity index (χ4n) is 6.72. The van der Waals surface area contributed by atoms with Crippen molar-refractivity contribution < 1.29 is 0 Å². The molecular weight excluding hydrogens is 276 g/mol. The molecule has 3 unspecified atom stereocenters. The molecule has 0 N–H and O–H groups in total. The molecular formula is C23H40. The smallest absolute Gasteiger partial charge is 0.0187 e. The van der Waals surface area contributed by atoms with Gasteiger partial charge in [0.05, 0.1) is 0 Å². The molecule has 3 saturated carbocycles. The second-order valence-electron chi connectivity index (χ2n) is 9.83. The van der Waals surface area contributed by atoms with Crippen LogP contribution in [0.3, 0.4) is 0 Å². The van der Waals surface area contributed by atoms with E-state index in [-0.39, 0.29) is 0 Å². The van der Waals surface area contributed by atoms with Crippen molar-refractivity contribution in [1.29, 1.82) is 0 Å². The summed E-state index contributed by atoms with van der Waals surface area (Å²) < 4.78 is 0. The summed E-state index contributed by atoms with van der Waals surface area (Å²) in [7, 11) is 0. The fraction of sp³-hybridized carbons (Fsp3) is 0.913. The largest absolute Gasteiger partial charge is 0.0885 e. The number of allylic oxidation sites excluding steroid dienone is 2. The van der Waals surface area contributed by atoms with Crippen LogP contribution >= 0.6 is 0 Å². The lowest BCUT2D eigenvalue weighted by atomic mass is 9.31. The zero-order valence-electron chi connectivity index (χ0n) is 16.1. The molecule has 4 aliphatic carbocycles. The first-order valence-corrected chi connectivity index (χ1v) is 10.7. The van der Waals surface area contributed by atoms with Gasteiger partial charge in [0.1, 0.15) is 0 Å². The third-order valence-electron chi connectivity index (χ3n) is 8.55. The number of hydrogen-bond acceptors (Lipinski definition) is 0. The highest BCUT2D eigenvalue weighted by Crippen LogP contribution is 2.76. The highest BCUT2D eigenvalue weighted by molar-refractivity contribution is 5.17. The average molecular weight is 317 g/mol. The van der Waals surface area contributed by atoms with E-state index >= 15 is 0 Å². The summed E-state index contributed by atoms with van der Waals surface area (Å²) >= 11 is 0. The Labute approximate surface area is 145 Å². The standard InChI is InChI=1S/C23H40/c1-21(2)20-15-18-22(3)16-13-11-9-7-5-4-6-8-10-12-14-17-23(21,22)19-20/h9,11,20H,4-8,10,12-19H2,1-3H3. The van der Waals surface area contributed by atoms with Crippen LogP contribution in [-0.2, 0) is 0 Å². The van der Waals surface area contributed by atoms with E-state index in [1.807, 2.05) is 0 Å². The Balaban J connectivity index is 1.74. The average Bonchev–Trinajstić information content (AvgIpc) is 2.52. The quantitative estimate of drug-likeness (QED) is 0.402. The van der Waals surface area contributed by atoms with Gasteiger partial charge in [-0.05, 0) is 73.5 Å². The highest BCUT2D eigenvalue weighted by atomic mass is 14.7. The van der Waals surface area contributed by atoms with E-state index in [1.54, 1.807) is 6.42 Å². The second kappa shape index (κ2) is 6.93. The van der Waals surface area contributed by atoms with Crippen LogP contribution in [0.4, 0.5) is 0 Å². The Morgan fingerprint density at radius 1 is 0.696 bits per heavy atom. The molecule has 0 nitrogen and oxygen atoms in total. The SMILES string of the molecule is CC12CCC=CCCCCCCCCCC13CC(CC2)C3(C)C. The maximum atomic E-state index is 2.66. The first kappa shape index (κ1) is 17.6. The van der Waals surface area contributed by atoms with E-state index in [9.17, 15) is 0 Å². The van der Waals surface area contributed by atoms with E-state index in [0.29, 0.717) is 16.2 Å². The van der Waals surface area contributed by atoms with E-state index in [2.05, 4.69) is 32.9 Å². The van der Waals surface area contributed by atoms with Crippen molar-refractivity contribution in [2.45, 2.75) is 111 Å². The summed E-state index contributed by atoms with van der Waals surface area (Å²) in [6.45, 7) is 7.89. The Bertz CT molecular complexity index is 418. The summed E-state index contributed by atoms with van der Waals surface area (Å²) in [6.07, 6.45) is 25.3. The van der Waals surface area contributed by atoms with Gasteiger partial charge in [-0.15, -0.1) is 0 Å². The number of hydrogen-bond donors (Lipinski definition) is 0.